The third-order valence-corrected chi connectivity index (χ3v) is 9.51. The maximum Gasteiger partial charge on any atom is 0.472 e. The van der Waals surface area contributed by atoms with Crippen LogP contribution in [0.1, 0.15) is 168 Å². The Kier molecular flexibility index (Phi) is 36.7. The van der Waals surface area contributed by atoms with Crippen LogP contribution >= 0.6 is 7.82 Å². The van der Waals surface area contributed by atoms with E-state index in [4.69, 9.17) is 19.1 Å². The molecule has 3 N–H and O–H groups in total. The summed E-state index contributed by atoms with van der Waals surface area (Å²) in [7, 11) is -4.64. The molecule has 3 atom stereocenters. The first-order chi connectivity index (χ1) is 25.7. The van der Waals surface area contributed by atoms with Crippen molar-refractivity contribution in [2.75, 3.05) is 26.4 Å². The van der Waals surface area contributed by atoms with Gasteiger partial charge in [-0.3, -0.25) is 13.8 Å². The van der Waals surface area contributed by atoms with Gasteiger partial charge in [-0.05, 0) is 51.4 Å². The molecule has 11 heteroatoms. The first-order valence-electron chi connectivity index (χ1n) is 20.6. The largest absolute Gasteiger partial charge is 0.472 e. The highest BCUT2D eigenvalue weighted by Crippen LogP contribution is 2.43. The molecule has 0 rings (SSSR count). The second kappa shape index (κ2) is 38.2. The molecule has 0 fully saturated rings. The van der Waals surface area contributed by atoms with E-state index in [1.54, 1.807) is 12.2 Å². The Morgan fingerprint density at radius 3 is 1.66 bits per heavy atom. The van der Waals surface area contributed by atoms with Crippen molar-refractivity contribution >= 4 is 19.8 Å². The predicted molar refractivity (Wildman–Crippen MR) is 214 cm³/mol. The minimum absolute atomic E-state index is 0.121. The van der Waals surface area contributed by atoms with E-state index in [-0.39, 0.29) is 6.42 Å². The number of ether oxygens (including phenoxy) is 2. The summed E-state index contributed by atoms with van der Waals surface area (Å²) in [5, 5.41) is 18.3. The highest BCUT2D eigenvalue weighted by Gasteiger charge is 2.27. The summed E-state index contributed by atoms with van der Waals surface area (Å²) in [4.78, 5) is 34.8. The third kappa shape index (κ3) is 38.0. The predicted octanol–water partition coefficient (Wildman–Crippen LogP) is 10.6. The number of aliphatic hydroxyl groups excluding tert-OH is 2. The Morgan fingerprint density at radius 2 is 1.11 bits per heavy atom. The summed E-state index contributed by atoms with van der Waals surface area (Å²) < 4.78 is 32.4. The van der Waals surface area contributed by atoms with Crippen LogP contribution in [0.15, 0.2) is 48.6 Å². The lowest BCUT2D eigenvalue weighted by Gasteiger charge is -2.20. The van der Waals surface area contributed by atoms with Gasteiger partial charge in [-0.1, -0.05) is 153 Å². The molecular weight excluding hydrogens is 695 g/mol. The van der Waals surface area contributed by atoms with Gasteiger partial charge in [0.05, 0.1) is 19.8 Å². The maximum absolute atomic E-state index is 12.5. The zero-order valence-electron chi connectivity index (χ0n) is 33.2. The van der Waals surface area contributed by atoms with Crippen LogP contribution < -0.4 is 0 Å². The number of hydrogen-bond donors (Lipinski definition) is 3. The number of rotatable bonds is 38. The summed E-state index contributed by atoms with van der Waals surface area (Å²) in [5.74, 6) is -1.22. The van der Waals surface area contributed by atoms with Crippen molar-refractivity contribution in [2.24, 2.45) is 0 Å². The van der Waals surface area contributed by atoms with Crippen LogP contribution in [0.3, 0.4) is 0 Å². The minimum Gasteiger partial charge on any atom is -0.458 e. The molecule has 0 aliphatic carbocycles. The Morgan fingerprint density at radius 1 is 0.623 bits per heavy atom. The topological polar surface area (TPSA) is 149 Å². The van der Waals surface area contributed by atoms with Crippen LogP contribution in [0.25, 0.3) is 0 Å². The number of hydrogen-bond acceptors (Lipinski definition) is 9. The zero-order chi connectivity index (χ0) is 39.1. The fourth-order valence-corrected chi connectivity index (χ4v) is 6.14. The fraction of sp³-hybridized carbons (Fsp3) is 0.762. The molecule has 1 unspecified atom stereocenters. The number of carbonyl (C=O) groups is 2. The molecule has 0 aromatic carbocycles. The average molecular weight is 771 g/mol. The summed E-state index contributed by atoms with van der Waals surface area (Å²) in [6.45, 7) is 2.20. The van der Waals surface area contributed by atoms with Crippen LogP contribution in [0.2, 0.25) is 0 Å². The molecule has 0 radical (unpaired) electrons. The highest BCUT2D eigenvalue weighted by molar-refractivity contribution is 7.47. The van der Waals surface area contributed by atoms with Crippen molar-refractivity contribution in [3.63, 3.8) is 0 Å². The number of esters is 2. The normalized spacial score (nSPS) is 14.4. The second-order valence-electron chi connectivity index (χ2n) is 13.7. The van der Waals surface area contributed by atoms with E-state index >= 15 is 0 Å². The van der Waals surface area contributed by atoms with Gasteiger partial charge in [0.15, 0.2) is 6.10 Å². The molecule has 0 aromatic heterocycles. The van der Waals surface area contributed by atoms with Gasteiger partial charge in [0, 0.05) is 12.5 Å². The lowest BCUT2D eigenvalue weighted by atomic mass is 10.1. The summed E-state index contributed by atoms with van der Waals surface area (Å²) in [5.41, 5.74) is 0. The van der Waals surface area contributed by atoms with Crippen molar-refractivity contribution in [3.8, 4) is 0 Å². The molecule has 0 bridgehead atoms. The maximum atomic E-state index is 12.5. The number of aliphatic hydroxyl groups is 2. The number of phosphoric acid groups is 1. The Labute approximate surface area is 322 Å². The van der Waals surface area contributed by atoms with Crippen molar-refractivity contribution in [1.29, 1.82) is 0 Å². The molecule has 0 aliphatic heterocycles. The SMILES string of the molecule is CCCCCCCC/C=C/C/C=C/CCCCC(=O)O[C@H](COC(=O)/C=C/C=C/CCCCCCCCCCCCC)COP(=O)(O)OC[C@@H](O)CO. The van der Waals surface area contributed by atoms with Crippen molar-refractivity contribution < 1.29 is 47.8 Å². The van der Waals surface area contributed by atoms with Gasteiger partial charge in [-0.2, -0.15) is 0 Å². The van der Waals surface area contributed by atoms with E-state index in [9.17, 15) is 24.2 Å². The third-order valence-electron chi connectivity index (χ3n) is 8.56. The quantitative estimate of drug-likeness (QED) is 0.0138. The molecule has 0 saturated carbocycles. The molecular formula is C42H75O10P. The van der Waals surface area contributed by atoms with Crippen molar-refractivity contribution in [3.05, 3.63) is 48.6 Å². The van der Waals surface area contributed by atoms with Crippen LogP contribution in [0, 0.1) is 0 Å². The van der Waals surface area contributed by atoms with Gasteiger partial charge in [-0.15, -0.1) is 0 Å². The number of allylic oxidation sites excluding steroid dienone is 7. The Balaban J connectivity index is 4.49. The second-order valence-corrected chi connectivity index (χ2v) is 15.2. The number of carbonyl (C=O) groups excluding carboxylic acids is 2. The van der Waals surface area contributed by atoms with E-state index in [0.29, 0.717) is 6.42 Å². The molecule has 0 aromatic rings. The van der Waals surface area contributed by atoms with Gasteiger partial charge in [0.25, 0.3) is 0 Å². The van der Waals surface area contributed by atoms with Crippen molar-refractivity contribution in [2.45, 2.75) is 180 Å². The molecule has 0 spiro atoms. The molecule has 0 heterocycles. The summed E-state index contributed by atoms with van der Waals surface area (Å²) in [6, 6.07) is 0. The summed E-state index contributed by atoms with van der Waals surface area (Å²) >= 11 is 0. The number of unbranched alkanes of at least 4 members (excludes halogenated alkanes) is 19. The zero-order valence-corrected chi connectivity index (χ0v) is 34.1. The molecule has 53 heavy (non-hydrogen) atoms. The lowest BCUT2D eigenvalue weighted by Crippen LogP contribution is -2.29. The van der Waals surface area contributed by atoms with Gasteiger partial charge in [0.1, 0.15) is 12.7 Å². The summed E-state index contributed by atoms with van der Waals surface area (Å²) in [6.07, 6.45) is 40.0. The Hall–Kier alpha value is -2.07. The van der Waals surface area contributed by atoms with Crippen LogP contribution in [0.4, 0.5) is 0 Å². The highest BCUT2D eigenvalue weighted by atomic mass is 31.2. The first kappa shape index (κ1) is 50.9. The monoisotopic (exact) mass is 771 g/mol. The van der Waals surface area contributed by atoms with Gasteiger partial charge < -0.3 is 24.6 Å². The van der Waals surface area contributed by atoms with Gasteiger partial charge in [-0.25, -0.2) is 9.36 Å². The van der Waals surface area contributed by atoms with Crippen LogP contribution in [-0.4, -0.2) is 65.7 Å². The molecule has 308 valence electrons. The van der Waals surface area contributed by atoms with E-state index in [1.807, 2.05) is 6.08 Å². The van der Waals surface area contributed by atoms with E-state index in [2.05, 4.69) is 42.7 Å². The standard InChI is InChI=1S/C42H75O10P/c1-3-5-7-9-11-13-15-17-19-21-23-25-27-29-31-33-41(45)49-37-40(38-51-53(47,48)50-36-39(44)35-43)52-42(46)34-32-30-28-26-24-22-20-18-16-14-12-10-8-6-4-2/h18,20,24,26-27,29,31,33,39-40,43-44H,3-17,19,21-23,25,28,30,32,34-38H2,1-2H3,(H,47,48)/b20-18+,26-24+,29-27+,33-31+/t39-,40+/m0/s1. The van der Waals surface area contributed by atoms with E-state index in [1.165, 1.54) is 109 Å². The smallest absolute Gasteiger partial charge is 0.458 e. The van der Waals surface area contributed by atoms with Gasteiger partial charge in [0.2, 0.25) is 0 Å². The van der Waals surface area contributed by atoms with Crippen LogP contribution in [-0.2, 0) is 32.7 Å². The van der Waals surface area contributed by atoms with E-state index in [0.717, 1.165) is 38.5 Å². The Bertz CT molecular complexity index is 1030. The lowest BCUT2D eigenvalue weighted by molar-refractivity contribution is -0.159. The fourth-order valence-electron chi connectivity index (χ4n) is 5.35. The minimum atomic E-state index is -4.64. The van der Waals surface area contributed by atoms with Crippen LogP contribution in [0.5, 0.6) is 0 Å². The molecule has 10 nitrogen and oxygen atoms in total. The van der Waals surface area contributed by atoms with Gasteiger partial charge >= 0.3 is 19.8 Å². The molecule has 0 aliphatic rings. The molecule has 0 amide bonds. The first-order valence-corrected chi connectivity index (χ1v) is 22.1. The van der Waals surface area contributed by atoms with Crippen molar-refractivity contribution in [1.82, 2.24) is 0 Å². The number of phosphoric ester groups is 1. The van der Waals surface area contributed by atoms with E-state index < -0.39 is 58.4 Å². The molecule has 0 saturated heterocycles. The average Bonchev–Trinajstić information content (AvgIpc) is 3.14.